The van der Waals surface area contributed by atoms with Gasteiger partial charge in [0.25, 0.3) is 0 Å². The molecule has 0 bridgehead atoms. The summed E-state index contributed by atoms with van der Waals surface area (Å²) < 4.78 is 158. The van der Waals surface area contributed by atoms with E-state index in [1.54, 1.807) is 36.4 Å². The Bertz CT molecular complexity index is 1550. The molecule has 0 aromatic heterocycles. The second kappa shape index (κ2) is 11.8. The molecule has 1 fully saturated rings. The van der Waals surface area contributed by atoms with Crippen molar-refractivity contribution in [2.75, 3.05) is 13.2 Å². The van der Waals surface area contributed by atoms with Gasteiger partial charge < -0.3 is 14.2 Å². The Kier molecular flexibility index (Phi) is 9.09. The average Bonchev–Trinajstić information content (AvgIpc) is 2.95. The molecule has 1 aliphatic heterocycles. The largest absolute Gasteiger partial charge is 0.483 e. The predicted octanol–water partition coefficient (Wildman–Crippen LogP) is 7.16. The van der Waals surface area contributed by atoms with Crippen LogP contribution in [0.5, 0.6) is 5.75 Å². The Morgan fingerprint density at radius 1 is 0.818 bits per heavy atom. The van der Waals surface area contributed by atoms with Crippen molar-refractivity contribution in [3.05, 3.63) is 84.4 Å². The highest BCUT2D eigenvalue weighted by Crippen LogP contribution is 2.49. The van der Waals surface area contributed by atoms with Gasteiger partial charge in [0, 0.05) is 11.6 Å². The maximum absolute atomic E-state index is 14.1. The minimum absolute atomic E-state index is 0.0342. The number of ether oxygens (including phenoxy) is 3. The monoisotopic (exact) mass is 673 g/mol. The van der Waals surface area contributed by atoms with Gasteiger partial charge in [-0.1, -0.05) is 24.3 Å². The molecule has 0 amide bonds. The molecule has 0 aliphatic carbocycles. The quantitative estimate of drug-likeness (QED) is 0.155. The van der Waals surface area contributed by atoms with Crippen molar-refractivity contribution in [2.45, 2.75) is 63.4 Å². The first-order chi connectivity index (χ1) is 20.2. The fourth-order valence-electron chi connectivity index (χ4n) is 4.13. The van der Waals surface area contributed by atoms with Gasteiger partial charge in [-0.2, -0.15) is 43.5 Å². The first kappa shape index (κ1) is 34.0. The van der Waals surface area contributed by atoms with E-state index in [0.717, 1.165) is 13.8 Å². The number of alkyl halides is 8. The molecule has 2 unspecified atom stereocenters. The molecule has 1 N–H and O–H groups in total. The molecule has 16 heteroatoms. The van der Waals surface area contributed by atoms with Gasteiger partial charge in [0.15, 0.2) is 26.6 Å². The SMILES string of the molecule is CC(Oc1cccc([S+](c2ccccc2)c2ccc(C3(C)OCC(F)(F)C(F)(F)C(F)(F)CO3)cc2)c1)C(F)(F)S(=O)(=O)O. The fraction of sp³-hybridized carbons (Fsp3) is 0.357. The molecule has 1 aliphatic rings. The zero-order valence-electron chi connectivity index (χ0n) is 22.8. The normalized spacial score (nSPS) is 21.0. The summed E-state index contributed by atoms with van der Waals surface area (Å²) >= 11 is 0. The number of hydrogen-bond acceptors (Lipinski definition) is 5. The maximum atomic E-state index is 14.1. The molecule has 1 heterocycles. The van der Waals surface area contributed by atoms with Crippen LogP contribution in [-0.4, -0.2) is 55.3 Å². The maximum Gasteiger partial charge on any atom is 0.405 e. The highest BCUT2D eigenvalue weighted by Gasteiger charge is 2.73. The van der Waals surface area contributed by atoms with Crippen molar-refractivity contribution in [1.29, 1.82) is 0 Å². The molecule has 240 valence electrons. The van der Waals surface area contributed by atoms with E-state index in [2.05, 4.69) is 0 Å². The summed E-state index contributed by atoms with van der Waals surface area (Å²) in [6.07, 6.45) is -2.27. The standard InChI is InChI=1S/C28H24F8O6S2/c1-18(27(33,34)44(37,38)39)42-20-7-6-10-23(15-20)43(21-8-4-3-5-9-21)22-13-11-19(12-14-22)24(2)40-16-25(29,30)28(35,36)26(31,32)17-41-24/h3-15,18H,16-17H2,1-2H3/p+1. The van der Waals surface area contributed by atoms with Gasteiger partial charge in [-0.05, 0) is 62.4 Å². The molecule has 2 atom stereocenters. The lowest BCUT2D eigenvalue weighted by Crippen LogP contribution is -2.61. The number of hydrogen-bond donors (Lipinski definition) is 1. The van der Waals surface area contributed by atoms with Crippen LogP contribution in [0.15, 0.2) is 93.5 Å². The van der Waals surface area contributed by atoms with E-state index in [-0.39, 0.29) is 11.3 Å². The highest BCUT2D eigenvalue weighted by molar-refractivity contribution is 7.97. The van der Waals surface area contributed by atoms with Crippen LogP contribution >= 0.6 is 0 Å². The summed E-state index contributed by atoms with van der Waals surface area (Å²) in [4.78, 5) is 1.75. The van der Waals surface area contributed by atoms with Crippen LogP contribution in [0.4, 0.5) is 35.1 Å². The van der Waals surface area contributed by atoms with Crippen LogP contribution in [0.3, 0.4) is 0 Å². The molecule has 0 spiro atoms. The molecule has 0 saturated carbocycles. The molecule has 44 heavy (non-hydrogen) atoms. The Labute approximate surface area is 250 Å². The number of benzene rings is 3. The third kappa shape index (κ3) is 6.40. The smallest absolute Gasteiger partial charge is 0.405 e. The first-order valence-electron chi connectivity index (χ1n) is 12.6. The topological polar surface area (TPSA) is 82.1 Å². The molecule has 3 aromatic rings. The number of halogens is 8. The molecule has 6 nitrogen and oxygen atoms in total. The molecule has 3 aromatic carbocycles. The summed E-state index contributed by atoms with van der Waals surface area (Å²) in [5.41, 5.74) is -0.0342. The van der Waals surface area contributed by atoms with Crippen LogP contribution in [0.1, 0.15) is 19.4 Å². The van der Waals surface area contributed by atoms with Crippen molar-refractivity contribution in [1.82, 2.24) is 0 Å². The predicted molar refractivity (Wildman–Crippen MR) is 142 cm³/mol. The van der Waals surface area contributed by atoms with E-state index in [9.17, 15) is 43.5 Å². The van der Waals surface area contributed by atoms with Crippen molar-refractivity contribution < 1.29 is 62.3 Å². The van der Waals surface area contributed by atoms with Crippen molar-refractivity contribution in [3.8, 4) is 5.75 Å². The van der Waals surface area contributed by atoms with E-state index >= 15 is 0 Å². The highest BCUT2D eigenvalue weighted by atomic mass is 32.2. The molecular weight excluding hydrogens is 648 g/mol. The Hall–Kier alpha value is -2.92. The average molecular weight is 674 g/mol. The second-order valence-electron chi connectivity index (χ2n) is 9.92. The van der Waals surface area contributed by atoms with Gasteiger partial charge in [-0.3, -0.25) is 4.55 Å². The number of rotatable bonds is 8. The summed E-state index contributed by atoms with van der Waals surface area (Å²) in [7, 11) is -6.78. The van der Waals surface area contributed by atoms with Gasteiger partial charge in [0.05, 0.1) is 10.9 Å². The van der Waals surface area contributed by atoms with Crippen LogP contribution in [0.2, 0.25) is 0 Å². The Morgan fingerprint density at radius 2 is 1.32 bits per heavy atom. The zero-order chi connectivity index (χ0) is 32.8. The summed E-state index contributed by atoms with van der Waals surface area (Å²) in [5.74, 6) is -18.5. The molecule has 4 rings (SSSR count). The third-order valence-corrected chi connectivity index (χ3v) is 9.97. The van der Waals surface area contributed by atoms with Gasteiger partial charge in [0.1, 0.15) is 19.0 Å². The summed E-state index contributed by atoms with van der Waals surface area (Å²) in [6.45, 7) is -2.30. The molecule has 1 saturated heterocycles. The molecular formula is C28H25F8O6S2+. The Balaban J connectivity index is 1.68. The van der Waals surface area contributed by atoms with Gasteiger partial charge in [0.2, 0.25) is 0 Å². The van der Waals surface area contributed by atoms with Gasteiger partial charge >= 0.3 is 33.1 Å². The zero-order valence-corrected chi connectivity index (χ0v) is 24.5. The second-order valence-corrected chi connectivity index (χ2v) is 13.4. The van der Waals surface area contributed by atoms with Crippen LogP contribution < -0.4 is 4.74 Å². The van der Waals surface area contributed by atoms with E-state index in [1.165, 1.54) is 42.5 Å². The summed E-state index contributed by atoms with van der Waals surface area (Å²) in [5, 5.41) is -4.61. The lowest BCUT2D eigenvalue weighted by Gasteiger charge is -2.40. The van der Waals surface area contributed by atoms with E-state index < -0.39 is 69.1 Å². The van der Waals surface area contributed by atoms with Crippen LogP contribution in [-0.2, 0) is 36.3 Å². The van der Waals surface area contributed by atoms with Crippen molar-refractivity contribution in [2.24, 2.45) is 0 Å². The minimum atomic E-state index is -5.77. The molecule has 0 radical (unpaired) electrons. The lowest BCUT2D eigenvalue weighted by atomic mass is 10.0. The third-order valence-electron chi connectivity index (χ3n) is 6.74. The lowest BCUT2D eigenvalue weighted by molar-refractivity contribution is -0.387. The van der Waals surface area contributed by atoms with E-state index in [0.29, 0.717) is 14.7 Å². The summed E-state index contributed by atoms with van der Waals surface area (Å²) in [6, 6.07) is 20.1. The minimum Gasteiger partial charge on any atom is -0.483 e. The first-order valence-corrected chi connectivity index (χ1v) is 15.3. The Morgan fingerprint density at radius 3 is 1.84 bits per heavy atom. The fourth-order valence-corrected chi connectivity index (χ4v) is 6.70. The van der Waals surface area contributed by atoms with Crippen LogP contribution in [0.25, 0.3) is 0 Å². The van der Waals surface area contributed by atoms with Gasteiger partial charge in [-0.15, -0.1) is 0 Å². The van der Waals surface area contributed by atoms with Crippen molar-refractivity contribution in [3.63, 3.8) is 0 Å². The van der Waals surface area contributed by atoms with E-state index in [1.807, 2.05) is 0 Å². The van der Waals surface area contributed by atoms with Gasteiger partial charge in [-0.25, -0.2) is 0 Å². The van der Waals surface area contributed by atoms with E-state index in [4.69, 9.17) is 18.8 Å². The van der Waals surface area contributed by atoms with Crippen LogP contribution in [0, 0.1) is 0 Å². The van der Waals surface area contributed by atoms with Crippen molar-refractivity contribution >= 4 is 21.0 Å².